The monoisotopic (exact) mass is 274 g/mol. The molecule has 0 bridgehead atoms. The van der Waals surface area contributed by atoms with Crippen LogP contribution in [0.4, 0.5) is 0 Å². The molecular weight excluding hydrogens is 260 g/mol. The fraction of sp³-hybridized carbons (Fsp3) is 0.500. The average molecular weight is 275 g/mol. The van der Waals surface area contributed by atoms with Crippen LogP contribution in [0, 0.1) is 0 Å². The minimum absolute atomic E-state index is 0.0124. The Morgan fingerprint density at radius 1 is 1.35 bits per heavy atom. The normalized spacial score (nSPS) is 19.9. The van der Waals surface area contributed by atoms with Gasteiger partial charge in [-0.15, -0.1) is 0 Å². The highest BCUT2D eigenvalue weighted by Crippen LogP contribution is 2.32. The van der Waals surface area contributed by atoms with Gasteiger partial charge >= 0.3 is 0 Å². The van der Waals surface area contributed by atoms with Crippen LogP contribution < -0.4 is 0 Å². The standard InChI is InChI=1S/C12H15ClO3S/c13-17(14,15)9-8-16-12-7-3-5-10-4-1-2-6-11(10)12/h1-2,4,6,12H,3,5,7-9H2. The van der Waals surface area contributed by atoms with Crippen LogP contribution in [0.2, 0.25) is 0 Å². The second kappa shape index (κ2) is 5.38. The molecule has 0 aliphatic heterocycles. The molecule has 0 heterocycles. The van der Waals surface area contributed by atoms with Crippen molar-refractivity contribution in [1.82, 2.24) is 0 Å². The highest BCUT2D eigenvalue weighted by molar-refractivity contribution is 8.13. The predicted octanol–water partition coefficient (Wildman–Crippen LogP) is 2.65. The fourth-order valence-corrected chi connectivity index (χ4v) is 2.66. The van der Waals surface area contributed by atoms with Crippen LogP contribution in [0.15, 0.2) is 24.3 Å². The minimum atomic E-state index is -3.46. The molecule has 2 rings (SSSR count). The van der Waals surface area contributed by atoms with Crippen LogP contribution in [0.25, 0.3) is 0 Å². The van der Waals surface area contributed by atoms with Crippen molar-refractivity contribution in [2.24, 2.45) is 0 Å². The highest BCUT2D eigenvalue weighted by Gasteiger charge is 2.20. The van der Waals surface area contributed by atoms with Crippen molar-refractivity contribution < 1.29 is 13.2 Å². The molecule has 0 fully saturated rings. The molecule has 17 heavy (non-hydrogen) atoms. The molecule has 1 aliphatic carbocycles. The highest BCUT2D eigenvalue weighted by atomic mass is 35.7. The Hall–Kier alpha value is -0.580. The second-order valence-electron chi connectivity index (χ2n) is 4.19. The number of ether oxygens (including phenoxy) is 1. The first-order chi connectivity index (χ1) is 8.06. The van der Waals surface area contributed by atoms with Gasteiger partial charge in [0, 0.05) is 10.7 Å². The molecule has 0 radical (unpaired) electrons. The minimum Gasteiger partial charge on any atom is -0.372 e. The molecule has 1 atom stereocenters. The molecule has 3 nitrogen and oxygen atoms in total. The summed E-state index contributed by atoms with van der Waals surface area (Å²) < 4.78 is 27.2. The first kappa shape index (κ1) is 12.9. The van der Waals surface area contributed by atoms with Crippen molar-refractivity contribution in [3.63, 3.8) is 0 Å². The maximum atomic E-state index is 10.8. The summed E-state index contributed by atoms with van der Waals surface area (Å²) in [4.78, 5) is 0. The molecule has 94 valence electrons. The van der Waals surface area contributed by atoms with E-state index >= 15 is 0 Å². The largest absolute Gasteiger partial charge is 0.372 e. The van der Waals surface area contributed by atoms with Crippen molar-refractivity contribution in [3.8, 4) is 0 Å². The first-order valence-corrected chi connectivity index (χ1v) is 8.16. The fourth-order valence-electron chi connectivity index (χ4n) is 2.17. The van der Waals surface area contributed by atoms with E-state index in [9.17, 15) is 8.42 Å². The van der Waals surface area contributed by atoms with Gasteiger partial charge in [0.1, 0.15) is 0 Å². The molecule has 0 N–H and O–H groups in total. The number of benzene rings is 1. The summed E-state index contributed by atoms with van der Waals surface area (Å²) in [5, 5.41) is 0. The van der Waals surface area contributed by atoms with Gasteiger partial charge in [0.05, 0.1) is 18.5 Å². The predicted molar refractivity (Wildman–Crippen MR) is 67.7 cm³/mol. The zero-order chi connectivity index (χ0) is 12.3. The van der Waals surface area contributed by atoms with Gasteiger partial charge in [0.2, 0.25) is 9.05 Å². The van der Waals surface area contributed by atoms with E-state index in [1.54, 1.807) is 0 Å². The van der Waals surface area contributed by atoms with Gasteiger partial charge in [-0.2, -0.15) is 0 Å². The zero-order valence-corrected chi connectivity index (χ0v) is 11.0. The zero-order valence-electron chi connectivity index (χ0n) is 9.43. The topological polar surface area (TPSA) is 43.4 Å². The van der Waals surface area contributed by atoms with E-state index in [0.29, 0.717) is 0 Å². The summed E-state index contributed by atoms with van der Waals surface area (Å²) in [7, 11) is 1.69. The van der Waals surface area contributed by atoms with Crippen LogP contribution in [-0.2, 0) is 20.2 Å². The van der Waals surface area contributed by atoms with Crippen molar-refractivity contribution in [2.45, 2.75) is 25.4 Å². The van der Waals surface area contributed by atoms with Gasteiger partial charge in [-0.3, -0.25) is 0 Å². The lowest BCUT2D eigenvalue weighted by atomic mass is 9.89. The molecule has 1 aliphatic rings. The molecule has 1 aromatic rings. The third kappa shape index (κ3) is 3.69. The maximum Gasteiger partial charge on any atom is 0.234 e. The van der Waals surface area contributed by atoms with E-state index in [-0.39, 0.29) is 18.5 Å². The lowest BCUT2D eigenvalue weighted by Gasteiger charge is -2.25. The van der Waals surface area contributed by atoms with Crippen molar-refractivity contribution >= 4 is 19.7 Å². The molecule has 0 spiro atoms. The lowest BCUT2D eigenvalue weighted by Crippen LogP contribution is -2.16. The summed E-state index contributed by atoms with van der Waals surface area (Å²) in [6, 6.07) is 8.15. The van der Waals surface area contributed by atoms with E-state index in [1.165, 1.54) is 11.1 Å². The average Bonchev–Trinajstić information content (AvgIpc) is 2.28. The van der Waals surface area contributed by atoms with Crippen LogP contribution in [0.5, 0.6) is 0 Å². The van der Waals surface area contributed by atoms with Gasteiger partial charge in [-0.1, -0.05) is 24.3 Å². The van der Waals surface area contributed by atoms with Gasteiger partial charge in [-0.25, -0.2) is 8.42 Å². The Kier molecular flexibility index (Phi) is 4.07. The summed E-state index contributed by atoms with van der Waals surface area (Å²) in [5.41, 5.74) is 2.49. The van der Waals surface area contributed by atoms with E-state index in [0.717, 1.165) is 19.3 Å². The van der Waals surface area contributed by atoms with E-state index in [2.05, 4.69) is 6.07 Å². The van der Waals surface area contributed by atoms with Gasteiger partial charge in [-0.05, 0) is 30.4 Å². The summed E-state index contributed by atoms with van der Waals surface area (Å²) >= 11 is 0. The number of aryl methyl sites for hydroxylation is 1. The molecule has 0 amide bonds. The van der Waals surface area contributed by atoms with Crippen LogP contribution in [0.3, 0.4) is 0 Å². The number of hydrogen-bond donors (Lipinski definition) is 0. The van der Waals surface area contributed by atoms with Crippen LogP contribution in [-0.4, -0.2) is 20.8 Å². The Labute approximate surface area is 106 Å². The van der Waals surface area contributed by atoms with Gasteiger partial charge < -0.3 is 4.74 Å². The maximum absolute atomic E-state index is 10.8. The van der Waals surface area contributed by atoms with Crippen LogP contribution >= 0.6 is 10.7 Å². The Morgan fingerprint density at radius 3 is 2.88 bits per heavy atom. The number of halogens is 1. The van der Waals surface area contributed by atoms with Crippen molar-refractivity contribution in [1.29, 1.82) is 0 Å². The SMILES string of the molecule is O=S(=O)(Cl)CCOC1CCCc2ccccc21. The molecule has 1 aromatic carbocycles. The molecule has 0 saturated heterocycles. The van der Waals surface area contributed by atoms with E-state index < -0.39 is 9.05 Å². The number of hydrogen-bond acceptors (Lipinski definition) is 3. The molecule has 1 unspecified atom stereocenters. The van der Waals surface area contributed by atoms with Crippen molar-refractivity contribution in [3.05, 3.63) is 35.4 Å². The first-order valence-electron chi connectivity index (χ1n) is 5.68. The lowest BCUT2D eigenvalue weighted by molar-refractivity contribution is 0.0513. The third-order valence-corrected chi connectivity index (χ3v) is 4.08. The Balaban J connectivity index is 1.99. The van der Waals surface area contributed by atoms with Gasteiger partial charge in [0.15, 0.2) is 0 Å². The summed E-state index contributed by atoms with van der Waals surface area (Å²) in [5.74, 6) is -0.132. The molecule has 0 aromatic heterocycles. The summed E-state index contributed by atoms with van der Waals surface area (Å²) in [6.07, 6.45) is 3.11. The molecular formula is C12H15ClO3S. The Bertz CT molecular complexity index is 484. The third-order valence-electron chi connectivity index (χ3n) is 2.96. The van der Waals surface area contributed by atoms with E-state index in [4.69, 9.17) is 15.4 Å². The molecule has 5 heteroatoms. The smallest absolute Gasteiger partial charge is 0.234 e. The molecule has 0 saturated carbocycles. The second-order valence-corrected chi connectivity index (χ2v) is 7.09. The number of fused-ring (bicyclic) bond motifs is 1. The van der Waals surface area contributed by atoms with Gasteiger partial charge in [0.25, 0.3) is 0 Å². The Morgan fingerprint density at radius 2 is 2.12 bits per heavy atom. The summed E-state index contributed by atoms with van der Waals surface area (Å²) in [6.45, 7) is 0.158. The van der Waals surface area contributed by atoms with E-state index in [1.807, 2.05) is 18.2 Å². The van der Waals surface area contributed by atoms with Crippen LogP contribution in [0.1, 0.15) is 30.1 Å². The van der Waals surface area contributed by atoms with Crippen molar-refractivity contribution in [2.75, 3.05) is 12.4 Å². The quantitative estimate of drug-likeness (QED) is 0.793. The number of rotatable bonds is 4.